The second-order valence-corrected chi connectivity index (χ2v) is 15.0. The van der Waals surface area contributed by atoms with Gasteiger partial charge in [-0.15, -0.1) is 0 Å². The maximum absolute atomic E-state index is 14.1. The molecule has 17 heteroatoms. The van der Waals surface area contributed by atoms with E-state index in [0.717, 1.165) is 30.4 Å². The van der Waals surface area contributed by atoms with Crippen molar-refractivity contribution in [2.75, 3.05) is 63.9 Å². The summed E-state index contributed by atoms with van der Waals surface area (Å²) in [6.45, 7) is 3.22. The molecule has 0 bridgehead atoms. The predicted octanol–water partition coefficient (Wildman–Crippen LogP) is 5.61. The van der Waals surface area contributed by atoms with Crippen molar-refractivity contribution in [3.8, 4) is 0 Å². The zero-order valence-corrected chi connectivity index (χ0v) is 30.9. The van der Waals surface area contributed by atoms with Crippen molar-refractivity contribution >= 4 is 47.1 Å². The van der Waals surface area contributed by atoms with Crippen LogP contribution >= 0.6 is 11.6 Å². The molecular formula is C37H47ClF3N7O6. The van der Waals surface area contributed by atoms with Crippen molar-refractivity contribution in [3.05, 3.63) is 58.1 Å². The summed E-state index contributed by atoms with van der Waals surface area (Å²) in [5.74, 6) is -0.513. The van der Waals surface area contributed by atoms with Crippen LogP contribution in [-0.2, 0) is 28.5 Å². The molecule has 4 aliphatic heterocycles. The number of para-hydroxylation sites is 1. The maximum Gasteiger partial charge on any atom is 0.418 e. The summed E-state index contributed by atoms with van der Waals surface area (Å²) in [4.78, 5) is 60.7. The second kappa shape index (κ2) is 16.5. The first-order valence-electron chi connectivity index (χ1n) is 18.4. The number of nitrogens with two attached hydrogens (primary N) is 1. The van der Waals surface area contributed by atoms with Gasteiger partial charge >= 0.3 is 24.4 Å². The number of amides is 5. The number of nitrogens with one attached hydrogen (secondary N) is 1. The van der Waals surface area contributed by atoms with Gasteiger partial charge in [0.2, 0.25) is 0 Å². The quantitative estimate of drug-likeness (QED) is 0.307. The number of hydrogen-bond acceptors (Lipinski definition) is 7. The van der Waals surface area contributed by atoms with Gasteiger partial charge < -0.3 is 45.4 Å². The Balaban J connectivity index is 1.10. The summed E-state index contributed by atoms with van der Waals surface area (Å²) in [6, 6.07) is 9.54. The van der Waals surface area contributed by atoms with Crippen molar-refractivity contribution in [1.82, 2.24) is 24.5 Å². The van der Waals surface area contributed by atoms with Crippen LogP contribution in [0.25, 0.3) is 0 Å². The zero-order chi connectivity index (χ0) is 38.7. The van der Waals surface area contributed by atoms with Crippen LogP contribution in [0.1, 0.15) is 55.2 Å². The summed E-state index contributed by atoms with van der Waals surface area (Å²) < 4.78 is 47.4. The number of alkyl halides is 3. The van der Waals surface area contributed by atoms with Gasteiger partial charge in [0.25, 0.3) is 5.91 Å². The number of carbonyl (C=O) groups is 4. The molecule has 0 aromatic heterocycles. The number of rotatable bonds is 7. The molecule has 0 saturated carbocycles. The smallest absolute Gasteiger partial charge is 0.418 e. The van der Waals surface area contributed by atoms with Gasteiger partial charge in [-0.2, -0.15) is 13.2 Å². The van der Waals surface area contributed by atoms with Gasteiger partial charge in [-0.3, -0.25) is 4.79 Å². The third-order valence-electron chi connectivity index (χ3n) is 11.4. The Hall–Kier alpha value is -4.44. The number of benzene rings is 2. The number of ether oxygens (including phenoxy) is 1. The van der Waals surface area contributed by atoms with E-state index < -0.39 is 41.6 Å². The van der Waals surface area contributed by atoms with Crippen molar-refractivity contribution < 1.29 is 42.2 Å². The number of carbonyl (C=O) groups excluding carboxylic acids is 3. The largest absolute Gasteiger partial charge is 0.465 e. The van der Waals surface area contributed by atoms with E-state index in [1.54, 1.807) is 16.8 Å². The molecule has 4 N–H and O–H groups in total. The molecule has 4 aliphatic rings. The number of likely N-dealkylation sites (tertiary alicyclic amines) is 3. The summed E-state index contributed by atoms with van der Waals surface area (Å²) in [6.07, 6.45) is -3.93. The topological polar surface area (TPSA) is 152 Å². The van der Waals surface area contributed by atoms with Crippen LogP contribution in [0.15, 0.2) is 36.4 Å². The van der Waals surface area contributed by atoms with E-state index in [0.29, 0.717) is 64.6 Å². The first kappa shape index (κ1) is 39.3. The minimum atomic E-state index is -4.79. The molecule has 5 amide bonds. The average molecular weight is 778 g/mol. The van der Waals surface area contributed by atoms with E-state index in [-0.39, 0.29) is 54.3 Å². The fourth-order valence-electron chi connectivity index (χ4n) is 8.16. The van der Waals surface area contributed by atoms with Gasteiger partial charge in [0, 0.05) is 83.1 Å². The molecule has 2 aromatic rings. The lowest BCUT2D eigenvalue weighted by Gasteiger charge is -2.43. The van der Waals surface area contributed by atoms with Crippen molar-refractivity contribution in [2.45, 2.75) is 81.8 Å². The van der Waals surface area contributed by atoms with Gasteiger partial charge in [0.05, 0.1) is 16.3 Å². The number of nitrogens with zero attached hydrogens (tertiary/aromatic N) is 5. The molecule has 2 aromatic carbocycles. The van der Waals surface area contributed by atoms with E-state index in [1.165, 1.54) is 15.9 Å². The van der Waals surface area contributed by atoms with Crippen LogP contribution < -0.4 is 11.1 Å². The van der Waals surface area contributed by atoms with Gasteiger partial charge in [-0.25, -0.2) is 14.4 Å². The lowest BCUT2D eigenvalue weighted by molar-refractivity contribution is -0.142. The highest BCUT2D eigenvalue weighted by Crippen LogP contribution is 2.38. The van der Waals surface area contributed by atoms with Gasteiger partial charge in [0.15, 0.2) is 6.10 Å². The van der Waals surface area contributed by atoms with E-state index >= 15 is 0 Å². The summed E-state index contributed by atoms with van der Waals surface area (Å²) in [5.41, 5.74) is 5.77. The Labute approximate surface area is 317 Å². The molecule has 0 aliphatic carbocycles. The molecule has 3 saturated heterocycles. The number of nitrogen functional groups attached to an aromatic ring is 1. The Bertz CT molecular complexity index is 1710. The maximum atomic E-state index is 14.1. The van der Waals surface area contributed by atoms with Crippen LogP contribution in [0.4, 0.5) is 38.9 Å². The molecule has 3 fully saturated rings. The monoisotopic (exact) mass is 777 g/mol. The summed E-state index contributed by atoms with van der Waals surface area (Å²) in [5, 5.41) is 12.0. The predicted molar refractivity (Wildman–Crippen MR) is 195 cm³/mol. The molecule has 4 heterocycles. The van der Waals surface area contributed by atoms with Crippen LogP contribution in [0.5, 0.6) is 0 Å². The molecule has 0 spiro atoms. The number of fused-ring (bicyclic) bond motifs is 1. The van der Waals surface area contributed by atoms with Crippen molar-refractivity contribution in [3.63, 3.8) is 0 Å². The normalized spacial score (nSPS) is 20.2. The molecule has 6 rings (SSSR count). The van der Waals surface area contributed by atoms with E-state index in [4.69, 9.17) is 22.1 Å². The molecule has 13 nitrogen and oxygen atoms in total. The lowest BCUT2D eigenvalue weighted by atomic mass is 9.96. The van der Waals surface area contributed by atoms with Crippen molar-refractivity contribution in [1.29, 1.82) is 0 Å². The lowest BCUT2D eigenvalue weighted by Crippen LogP contribution is -2.54. The number of halogens is 4. The average Bonchev–Trinajstić information content (AvgIpc) is 3.33. The van der Waals surface area contributed by atoms with E-state index in [1.807, 2.05) is 24.3 Å². The Morgan fingerprint density at radius 1 is 0.963 bits per heavy atom. The van der Waals surface area contributed by atoms with E-state index in [2.05, 4.69) is 10.2 Å². The zero-order valence-electron chi connectivity index (χ0n) is 30.2. The number of hydrogen-bond donors (Lipinski definition) is 3. The molecule has 1 atom stereocenters. The van der Waals surface area contributed by atoms with Crippen LogP contribution in [0, 0.1) is 0 Å². The Kier molecular flexibility index (Phi) is 12.0. The van der Waals surface area contributed by atoms with Crippen LogP contribution in [0.3, 0.4) is 0 Å². The highest BCUT2D eigenvalue weighted by atomic mass is 35.5. The van der Waals surface area contributed by atoms with E-state index in [9.17, 15) is 37.5 Å². The van der Waals surface area contributed by atoms with Gasteiger partial charge in [-0.05, 0) is 74.3 Å². The third kappa shape index (κ3) is 8.91. The molecule has 54 heavy (non-hydrogen) atoms. The Morgan fingerprint density at radius 3 is 2.24 bits per heavy atom. The van der Waals surface area contributed by atoms with Gasteiger partial charge in [0.1, 0.15) is 0 Å². The van der Waals surface area contributed by atoms with Crippen LogP contribution in [-0.4, -0.2) is 131 Å². The van der Waals surface area contributed by atoms with Crippen molar-refractivity contribution in [2.24, 2.45) is 0 Å². The Morgan fingerprint density at radius 2 is 1.59 bits per heavy atom. The highest BCUT2D eigenvalue weighted by molar-refractivity contribution is 6.33. The highest BCUT2D eigenvalue weighted by Gasteiger charge is 2.39. The first-order chi connectivity index (χ1) is 25.7. The fourth-order valence-corrected chi connectivity index (χ4v) is 8.41. The minimum Gasteiger partial charge on any atom is -0.465 e. The minimum absolute atomic E-state index is 0.0450. The first-order valence-corrected chi connectivity index (χ1v) is 18.8. The van der Waals surface area contributed by atoms with Crippen LogP contribution in [0.2, 0.25) is 5.02 Å². The molecular weight excluding hydrogens is 731 g/mol. The second-order valence-electron chi connectivity index (χ2n) is 14.6. The SMILES string of the molecule is CN(C(=O)O)C1CCN(C2CCN(C(=O)[C@@H](Cc3cc(Cl)c(N)c(C(F)(F)F)c3)OC(=O)N3CCC(N4CCc5ccccc5NC4=O)CC3)CC2)CC1. The standard InChI is InChI=1S/C37H47ClF3N7O6/c1-44(35(51)52)25-7-13-45(14-8-25)26-9-15-46(16-10-26)33(49)31(22-23-20-28(37(39,40)41)32(42)29(38)21-23)54-36(53)47-17-11-27(12-18-47)48-19-6-24-4-2-3-5-30(24)43-34(48)50/h2-5,20-21,25-27,31H,6-19,22,42H2,1H3,(H,43,50)(H,51,52)/t31-/m1/s1. The number of carboxylic acid groups (broad SMARTS) is 1. The fraction of sp³-hybridized carbons (Fsp3) is 0.568. The molecule has 294 valence electrons. The molecule has 0 radical (unpaired) electrons. The molecule has 0 unspecified atom stereocenters. The summed E-state index contributed by atoms with van der Waals surface area (Å²) >= 11 is 6.12. The number of anilines is 2. The summed E-state index contributed by atoms with van der Waals surface area (Å²) in [7, 11) is 1.58. The van der Waals surface area contributed by atoms with Gasteiger partial charge in [-0.1, -0.05) is 29.8 Å². The number of urea groups is 1. The third-order valence-corrected chi connectivity index (χ3v) is 11.7. The number of piperidine rings is 3.